The van der Waals surface area contributed by atoms with Crippen LogP contribution in [0.3, 0.4) is 0 Å². The zero-order valence-electron chi connectivity index (χ0n) is 8.76. The molecule has 2 rings (SSSR count). The van der Waals surface area contributed by atoms with E-state index in [0.29, 0.717) is 10.7 Å². The standard InChI is InChI=1S/C12H9BrN2OS/c13-10-5-2-1-4-9(10)8-14-15-12(17)11-6-3-7-16-11/h1-8H,(H,15,17)/b14-8+. The zero-order chi connectivity index (χ0) is 12.1. The van der Waals surface area contributed by atoms with Gasteiger partial charge in [0.1, 0.15) is 0 Å². The first-order chi connectivity index (χ1) is 8.27. The fourth-order valence-electron chi connectivity index (χ4n) is 1.20. The van der Waals surface area contributed by atoms with Gasteiger partial charge in [-0.25, -0.2) is 0 Å². The Morgan fingerprint density at radius 2 is 2.12 bits per heavy atom. The molecule has 0 bridgehead atoms. The first-order valence-corrected chi connectivity index (χ1v) is 6.09. The van der Waals surface area contributed by atoms with E-state index in [1.165, 1.54) is 0 Å². The molecular weight excluding hydrogens is 300 g/mol. The summed E-state index contributed by atoms with van der Waals surface area (Å²) in [7, 11) is 0. The lowest BCUT2D eigenvalue weighted by atomic mass is 10.2. The third kappa shape index (κ3) is 3.25. The predicted octanol–water partition coefficient (Wildman–Crippen LogP) is 3.34. The number of furan rings is 1. The molecule has 86 valence electrons. The van der Waals surface area contributed by atoms with Gasteiger partial charge in [0.15, 0.2) is 10.7 Å². The fourth-order valence-corrected chi connectivity index (χ4v) is 1.76. The lowest BCUT2D eigenvalue weighted by Crippen LogP contribution is -2.15. The van der Waals surface area contributed by atoms with Crippen LogP contribution >= 0.6 is 28.1 Å². The summed E-state index contributed by atoms with van der Waals surface area (Å²) >= 11 is 8.52. The highest BCUT2D eigenvalue weighted by Gasteiger charge is 2.01. The number of nitrogens with one attached hydrogen (secondary N) is 1. The second kappa shape index (κ2) is 5.75. The summed E-state index contributed by atoms with van der Waals surface area (Å²) in [5.41, 5.74) is 3.72. The first kappa shape index (κ1) is 12.0. The van der Waals surface area contributed by atoms with Crippen molar-refractivity contribution in [3.05, 3.63) is 58.5 Å². The van der Waals surface area contributed by atoms with E-state index in [1.807, 2.05) is 24.3 Å². The number of rotatable bonds is 3. The van der Waals surface area contributed by atoms with Gasteiger partial charge in [0.05, 0.1) is 12.5 Å². The van der Waals surface area contributed by atoms with Gasteiger partial charge >= 0.3 is 0 Å². The van der Waals surface area contributed by atoms with E-state index in [0.717, 1.165) is 10.0 Å². The molecule has 5 heteroatoms. The van der Waals surface area contributed by atoms with Gasteiger partial charge in [0, 0.05) is 10.0 Å². The molecule has 1 N–H and O–H groups in total. The number of hydrogen-bond donors (Lipinski definition) is 1. The Morgan fingerprint density at radius 1 is 1.29 bits per heavy atom. The van der Waals surface area contributed by atoms with Crippen molar-refractivity contribution in [2.75, 3.05) is 0 Å². The summed E-state index contributed by atoms with van der Waals surface area (Å²) < 4.78 is 6.12. The van der Waals surface area contributed by atoms with E-state index in [2.05, 4.69) is 26.5 Å². The molecule has 0 aliphatic heterocycles. The Kier molecular flexibility index (Phi) is 4.06. The number of nitrogens with zero attached hydrogens (tertiary/aromatic N) is 1. The molecule has 2 aromatic rings. The number of benzene rings is 1. The Hall–Kier alpha value is -1.46. The highest BCUT2D eigenvalue weighted by atomic mass is 79.9. The minimum atomic E-state index is 0.457. The molecule has 3 nitrogen and oxygen atoms in total. The molecule has 17 heavy (non-hydrogen) atoms. The van der Waals surface area contributed by atoms with Crippen molar-refractivity contribution in [1.82, 2.24) is 5.43 Å². The molecule has 0 unspecified atom stereocenters. The topological polar surface area (TPSA) is 37.5 Å². The second-order valence-electron chi connectivity index (χ2n) is 3.20. The molecule has 0 aliphatic rings. The van der Waals surface area contributed by atoms with Crippen molar-refractivity contribution >= 4 is 39.4 Å². The quantitative estimate of drug-likeness (QED) is 0.537. The van der Waals surface area contributed by atoms with Gasteiger partial charge < -0.3 is 4.42 Å². The number of thiocarbonyl (C=S) groups is 1. The molecule has 0 radical (unpaired) electrons. The van der Waals surface area contributed by atoms with E-state index in [-0.39, 0.29) is 0 Å². The molecular formula is C12H9BrN2OS. The Labute approximate surface area is 113 Å². The van der Waals surface area contributed by atoms with Gasteiger partial charge in [-0.2, -0.15) is 5.10 Å². The van der Waals surface area contributed by atoms with E-state index in [1.54, 1.807) is 24.6 Å². The van der Waals surface area contributed by atoms with E-state index >= 15 is 0 Å². The zero-order valence-corrected chi connectivity index (χ0v) is 11.2. The Bertz CT molecular complexity index is 537. The van der Waals surface area contributed by atoms with E-state index in [9.17, 15) is 0 Å². The van der Waals surface area contributed by atoms with Crippen LogP contribution in [0.2, 0.25) is 0 Å². The maximum absolute atomic E-state index is 5.13. The van der Waals surface area contributed by atoms with Crippen LogP contribution in [0, 0.1) is 0 Å². The molecule has 0 spiro atoms. The van der Waals surface area contributed by atoms with Gasteiger partial charge in [-0.05, 0) is 18.2 Å². The average Bonchev–Trinajstić information content (AvgIpc) is 2.85. The molecule has 0 amide bonds. The SMILES string of the molecule is S=C(N/N=C/c1ccccc1Br)c1ccco1. The molecule has 0 fully saturated rings. The van der Waals surface area contributed by atoms with Gasteiger partial charge in [0.25, 0.3) is 0 Å². The lowest BCUT2D eigenvalue weighted by molar-refractivity contribution is 0.556. The van der Waals surface area contributed by atoms with Gasteiger partial charge in [0.2, 0.25) is 0 Å². The summed E-state index contributed by atoms with van der Waals surface area (Å²) in [5, 5.41) is 4.05. The highest BCUT2D eigenvalue weighted by Crippen LogP contribution is 2.13. The van der Waals surface area contributed by atoms with Gasteiger partial charge in [-0.1, -0.05) is 46.3 Å². The summed E-state index contributed by atoms with van der Waals surface area (Å²) in [5.74, 6) is 0.601. The van der Waals surface area contributed by atoms with Crippen LogP contribution < -0.4 is 5.43 Å². The van der Waals surface area contributed by atoms with Crippen LogP contribution in [0.1, 0.15) is 11.3 Å². The van der Waals surface area contributed by atoms with E-state index < -0.39 is 0 Å². The second-order valence-corrected chi connectivity index (χ2v) is 4.46. The fraction of sp³-hybridized carbons (Fsp3) is 0. The lowest BCUT2D eigenvalue weighted by Gasteiger charge is -1.99. The molecule has 1 heterocycles. The van der Waals surface area contributed by atoms with Gasteiger partial charge in [-0.3, -0.25) is 5.43 Å². The summed E-state index contributed by atoms with van der Waals surface area (Å²) in [6.45, 7) is 0. The Morgan fingerprint density at radius 3 is 2.82 bits per heavy atom. The van der Waals surface area contributed by atoms with Crippen molar-refractivity contribution in [2.45, 2.75) is 0 Å². The summed E-state index contributed by atoms with van der Waals surface area (Å²) in [6, 6.07) is 11.3. The van der Waals surface area contributed by atoms with Crippen molar-refractivity contribution in [2.24, 2.45) is 5.10 Å². The predicted molar refractivity (Wildman–Crippen MR) is 75.3 cm³/mol. The maximum Gasteiger partial charge on any atom is 0.162 e. The van der Waals surface area contributed by atoms with E-state index in [4.69, 9.17) is 16.6 Å². The van der Waals surface area contributed by atoms with Crippen LogP contribution in [0.25, 0.3) is 0 Å². The van der Waals surface area contributed by atoms with Crippen molar-refractivity contribution < 1.29 is 4.42 Å². The van der Waals surface area contributed by atoms with Crippen molar-refractivity contribution in [3.8, 4) is 0 Å². The molecule has 0 saturated carbocycles. The Balaban J connectivity index is 1.99. The summed E-state index contributed by atoms with van der Waals surface area (Å²) in [6.07, 6.45) is 3.26. The van der Waals surface area contributed by atoms with Gasteiger partial charge in [-0.15, -0.1) is 0 Å². The van der Waals surface area contributed by atoms with Crippen LogP contribution in [-0.4, -0.2) is 11.2 Å². The third-order valence-electron chi connectivity index (χ3n) is 2.02. The minimum Gasteiger partial charge on any atom is -0.462 e. The largest absolute Gasteiger partial charge is 0.462 e. The first-order valence-electron chi connectivity index (χ1n) is 4.89. The number of hydrogen-bond acceptors (Lipinski definition) is 3. The van der Waals surface area contributed by atoms with Crippen molar-refractivity contribution in [3.63, 3.8) is 0 Å². The van der Waals surface area contributed by atoms with Crippen LogP contribution in [-0.2, 0) is 0 Å². The summed E-state index contributed by atoms with van der Waals surface area (Å²) in [4.78, 5) is 0.457. The molecule has 1 aromatic heterocycles. The number of hydrazone groups is 1. The normalized spacial score (nSPS) is 10.6. The molecule has 0 saturated heterocycles. The smallest absolute Gasteiger partial charge is 0.162 e. The monoisotopic (exact) mass is 308 g/mol. The van der Waals surface area contributed by atoms with Crippen molar-refractivity contribution in [1.29, 1.82) is 0 Å². The maximum atomic E-state index is 5.13. The molecule has 1 aromatic carbocycles. The third-order valence-corrected chi connectivity index (χ3v) is 3.03. The number of halogens is 1. The van der Waals surface area contributed by atoms with Crippen LogP contribution in [0.4, 0.5) is 0 Å². The molecule has 0 aliphatic carbocycles. The van der Waals surface area contributed by atoms with Crippen LogP contribution in [0.15, 0.2) is 56.7 Å². The highest BCUT2D eigenvalue weighted by molar-refractivity contribution is 9.10. The van der Waals surface area contributed by atoms with Crippen LogP contribution in [0.5, 0.6) is 0 Å². The molecule has 0 atom stereocenters. The minimum absolute atomic E-state index is 0.457. The average molecular weight is 309 g/mol.